The minimum absolute atomic E-state index is 0.221. The predicted octanol–water partition coefficient (Wildman–Crippen LogP) is 3.20. The van der Waals surface area contributed by atoms with Gasteiger partial charge >= 0.3 is 0 Å². The molecule has 0 aromatic heterocycles. The third kappa shape index (κ3) is 6.66. The average molecular weight is 278 g/mol. The normalized spacial score (nSPS) is 16.4. The van der Waals surface area contributed by atoms with E-state index < -0.39 is 12.2 Å². The second-order valence-electron chi connectivity index (χ2n) is 4.31. The van der Waals surface area contributed by atoms with E-state index in [4.69, 9.17) is 9.47 Å². The fourth-order valence-corrected chi connectivity index (χ4v) is 1.74. The summed E-state index contributed by atoms with van der Waals surface area (Å²) in [5.41, 5.74) is 0. The minimum atomic E-state index is -0.684. The minimum Gasteiger partial charge on any atom is -0.390 e. The van der Waals surface area contributed by atoms with Crippen molar-refractivity contribution < 1.29 is 14.6 Å². The van der Waals surface area contributed by atoms with Crippen LogP contribution in [0.3, 0.4) is 0 Å². The quantitative estimate of drug-likeness (QED) is 0.526. The van der Waals surface area contributed by atoms with Crippen LogP contribution in [0.25, 0.3) is 0 Å². The zero-order valence-corrected chi connectivity index (χ0v) is 12.1. The van der Waals surface area contributed by atoms with Gasteiger partial charge in [0, 0.05) is 0 Å². The Morgan fingerprint density at radius 3 is 1.90 bits per heavy atom. The molecule has 0 aromatic carbocycles. The molecule has 20 heavy (non-hydrogen) atoms. The van der Waals surface area contributed by atoms with E-state index in [1.165, 1.54) is 0 Å². The molecule has 1 N–H and O–H groups in total. The molecule has 3 nitrogen and oxygen atoms in total. The van der Waals surface area contributed by atoms with Crippen LogP contribution in [-0.4, -0.2) is 36.1 Å². The Balaban J connectivity index is 4.77. The summed E-state index contributed by atoms with van der Waals surface area (Å²) in [4.78, 5) is 0. The van der Waals surface area contributed by atoms with Gasteiger partial charge in [-0.3, -0.25) is 0 Å². The molecular formula is C17H26O3. The van der Waals surface area contributed by atoms with Crippen LogP contribution in [0.1, 0.15) is 12.8 Å². The van der Waals surface area contributed by atoms with Crippen molar-refractivity contribution in [3.63, 3.8) is 0 Å². The van der Waals surface area contributed by atoms with Gasteiger partial charge in [-0.1, -0.05) is 30.4 Å². The van der Waals surface area contributed by atoms with Gasteiger partial charge in [-0.25, -0.2) is 0 Å². The lowest BCUT2D eigenvalue weighted by Crippen LogP contribution is -2.37. The van der Waals surface area contributed by atoms with Crippen LogP contribution in [0.5, 0.6) is 0 Å². The lowest BCUT2D eigenvalue weighted by molar-refractivity contribution is -0.0911. The second-order valence-corrected chi connectivity index (χ2v) is 4.31. The summed E-state index contributed by atoms with van der Waals surface area (Å²) in [6.45, 7) is 18.8. The molecule has 0 unspecified atom stereocenters. The van der Waals surface area contributed by atoms with Crippen LogP contribution < -0.4 is 0 Å². The molecule has 0 aliphatic carbocycles. The molecule has 0 aliphatic heterocycles. The molecular weight excluding hydrogens is 252 g/mol. The molecule has 112 valence electrons. The molecule has 0 spiro atoms. The van der Waals surface area contributed by atoms with E-state index in [0.717, 1.165) is 0 Å². The van der Waals surface area contributed by atoms with Crippen molar-refractivity contribution >= 4 is 0 Å². The molecule has 3 heteroatoms. The third-order valence-electron chi connectivity index (χ3n) is 2.76. The number of aliphatic hydroxyl groups excluding tert-OH is 1. The van der Waals surface area contributed by atoms with Crippen molar-refractivity contribution in [3.8, 4) is 0 Å². The van der Waals surface area contributed by atoms with Crippen LogP contribution in [0.2, 0.25) is 0 Å². The van der Waals surface area contributed by atoms with Crippen molar-refractivity contribution in [2.75, 3.05) is 6.61 Å². The van der Waals surface area contributed by atoms with E-state index in [1.807, 2.05) is 0 Å². The Morgan fingerprint density at radius 2 is 1.45 bits per heavy atom. The van der Waals surface area contributed by atoms with Gasteiger partial charge in [0.05, 0.1) is 18.8 Å². The third-order valence-corrected chi connectivity index (χ3v) is 2.76. The van der Waals surface area contributed by atoms with Gasteiger partial charge < -0.3 is 14.6 Å². The van der Waals surface area contributed by atoms with E-state index >= 15 is 0 Å². The SMILES string of the molecule is C=CCO[C@@H](CC=C)[C@@H](C=C)O[C@H](C=C)[C@@H](O)CC=C. The summed E-state index contributed by atoms with van der Waals surface area (Å²) in [6.07, 6.45) is 7.58. The van der Waals surface area contributed by atoms with E-state index in [2.05, 4.69) is 32.9 Å². The molecule has 0 bridgehead atoms. The topological polar surface area (TPSA) is 38.7 Å². The second kappa shape index (κ2) is 11.4. The van der Waals surface area contributed by atoms with Crippen molar-refractivity contribution in [1.82, 2.24) is 0 Å². The first kappa shape index (κ1) is 18.6. The van der Waals surface area contributed by atoms with Crippen molar-refractivity contribution in [3.05, 3.63) is 63.3 Å². The monoisotopic (exact) mass is 278 g/mol. The first-order valence-corrected chi connectivity index (χ1v) is 6.67. The molecule has 0 aromatic rings. The number of ether oxygens (including phenoxy) is 2. The number of aliphatic hydroxyl groups is 1. The maximum Gasteiger partial charge on any atom is 0.103 e. The van der Waals surface area contributed by atoms with E-state index in [-0.39, 0.29) is 12.2 Å². The van der Waals surface area contributed by atoms with E-state index in [0.29, 0.717) is 19.4 Å². The maximum atomic E-state index is 9.96. The van der Waals surface area contributed by atoms with Gasteiger partial charge in [0.25, 0.3) is 0 Å². The first-order valence-electron chi connectivity index (χ1n) is 6.67. The standard InChI is InChI=1S/C17H26O3/c1-6-11-14(18)15(9-4)20-16(10-5)17(12-7-2)19-13-8-3/h6-10,14-18H,1-5,11-13H2/t14-,15+,16+,17-/m0/s1. The molecule has 0 amide bonds. The van der Waals surface area contributed by atoms with Crippen LogP contribution >= 0.6 is 0 Å². The molecule has 0 radical (unpaired) electrons. The zero-order valence-electron chi connectivity index (χ0n) is 12.1. The van der Waals surface area contributed by atoms with Crippen molar-refractivity contribution in [2.45, 2.75) is 37.3 Å². The Morgan fingerprint density at radius 1 is 0.850 bits per heavy atom. The zero-order chi connectivity index (χ0) is 15.4. The van der Waals surface area contributed by atoms with Crippen LogP contribution in [0.4, 0.5) is 0 Å². The number of hydrogen-bond acceptors (Lipinski definition) is 3. The van der Waals surface area contributed by atoms with Gasteiger partial charge in [0.15, 0.2) is 0 Å². The molecule has 0 saturated heterocycles. The number of hydrogen-bond donors (Lipinski definition) is 1. The highest BCUT2D eigenvalue weighted by atomic mass is 16.6. The van der Waals surface area contributed by atoms with Crippen molar-refractivity contribution in [1.29, 1.82) is 0 Å². The average Bonchev–Trinajstić information content (AvgIpc) is 2.45. The molecule has 0 aliphatic rings. The van der Waals surface area contributed by atoms with E-state index in [1.54, 1.807) is 30.4 Å². The van der Waals surface area contributed by atoms with E-state index in [9.17, 15) is 5.11 Å². The largest absolute Gasteiger partial charge is 0.390 e. The molecule has 4 atom stereocenters. The smallest absolute Gasteiger partial charge is 0.103 e. The number of rotatable bonds is 13. The summed E-state index contributed by atoms with van der Waals surface area (Å²) < 4.78 is 11.5. The summed E-state index contributed by atoms with van der Waals surface area (Å²) in [5.74, 6) is 0. The Hall–Kier alpha value is -1.42. The van der Waals surface area contributed by atoms with Gasteiger partial charge in [-0.15, -0.1) is 32.9 Å². The maximum absolute atomic E-state index is 9.96. The van der Waals surface area contributed by atoms with Crippen LogP contribution in [-0.2, 0) is 9.47 Å². The first-order chi connectivity index (χ1) is 9.64. The summed E-state index contributed by atoms with van der Waals surface area (Å²) in [6, 6.07) is 0. The van der Waals surface area contributed by atoms with Crippen LogP contribution in [0, 0.1) is 0 Å². The Kier molecular flexibility index (Phi) is 10.6. The highest BCUT2D eigenvalue weighted by molar-refractivity contribution is 4.96. The lowest BCUT2D eigenvalue weighted by Gasteiger charge is -2.29. The van der Waals surface area contributed by atoms with Crippen molar-refractivity contribution in [2.24, 2.45) is 0 Å². The molecule has 0 rings (SSSR count). The summed E-state index contributed by atoms with van der Waals surface area (Å²) in [5, 5.41) is 9.96. The van der Waals surface area contributed by atoms with Gasteiger partial charge in [0.1, 0.15) is 12.2 Å². The van der Waals surface area contributed by atoms with Gasteiger partial charge in [0.2, 0.25) is 0 Å². The fraction of sp³-hybridized carbons (Fsp3) is 0.412. The fourth-order valence-electron chi connectivity index (χ4n) is 1.74. The molecule has 0 heterocycles. The van der Waals surface area contributed by atoms with Gasteiger partial charge in [-0.05, 0) is 12.8 Å². The highest BCUT2D eigenvalue weighted by Crippen LogP contribution is 2.16. The highest BCUT2D eigenvalue weighted by Gasteiger charge is 2.24. The van der Waals surface area contributed by atoms with Crippen LogP contribution in [0.15, 0.2) is 63.3 Å². The van der Waals surface area contributed by atoms with Gasteiger partial charge in [-0.2, -0.15) is 0 Å². The predicted molar refractivity (Wildman–Crippen MR) is 84.6 cm³/mol. The summed E-state index contributed by atoms with van der Waals surface area (Å²) in [7, 11) is 0. The Bertz CT molecular complexity index is 322. The summed E-state index contributed by atoms with van der Waals surface area (Å²) >= 11 is 0. The Labute approximate surface area is 122 Å². The lowest BCUT2D eigenvalue weighted by atomic mass is 10.1. The molecule has 0 saturated carbocycles. The molecule has 0 fully saturated rings.